The summed E-state index contributed by atoms with van der Waals surface area (Å²) in [5.41, 5.74) is 2.23. The highest BCUT2D eigenvalue weighted by molar-refractivity contribution is 5.82. The molecule has 2 heterocycles. The first-order valence-electron chi connectivity index (χ1n) is 6.53. The van der Waals surface area contributed by atoms with Crippen LogP contribution in [0.2, 0.25) is 0 Å². The van der Waals surface area contributed by atoms with Crippen LogP contribution in [0.25, 0.3) is 10.9 Å². The second-order valence-corrected chi connectivity index (χ2v) is 5.02. The number of piperazine rings is 1. The number of benzene rings is 1. The van der Waals surface area contributed by atoms with Crippen molar-refractivity contribution >= 4 is 16.8 Å². The minimum atomic E-state index is 0.194. The predicted molar refractivity (Wildman–Crippen MR) is 74.7 cm³/mol. The molecule has 3 rings (SSSR count). The average molecular weight is 255 g/mol. The number of carbonyl (C=O) groups is 1. The van der Waals surface area contributed by atoms with Crippen LogP contribution in [0.5, 0.6) is 0 Å². The van der Waals surface area contributed by atoms with E-state index in [1.165, 1.54) is 5.56 Å². The first-order chi connectivity index (χ1) is 9.24. The Bertz CT molecular complexity index is 606. The van der Waals surface area contributed by atoms with Gasteiger partial charge in [0.05, 0.1) is 12.1 Å². The number of carbonyl (C=O) groups excluding carboxylic acids is 1. The maximum atomic E-state index is 11.7. The van der Waals surface area contributed by atoms with E-state index in [0.717, 1.165) is 30.5 Å². The summed E-state index contributed by atoms with van der Waals surface area (Å²) < 4.78 is 0. The van der Waals surface area contributed by atoms with Crippen molar-refractivity contribution in [3.63, 3.8) is 0 Å². The van der Waals surface area contributed by atoms with E-state index in [9.17, 15) is 4.79 Å². The van der Waals surface area contributed by atoms with Crippen molar-refractivity contribution < 1.29 is 4.79 Å². The molecule has 1 fully saturated rings. The molecule has 1 amide bonds. The van der Waals surface area contributed by atoms with Gasteiger partial charge in [0.2, 0.25) is 5.91 Å². The number of fused-ring (bicyclic) bond motifs is 1. The van der Waals surface area contributed by atoms with Gasteiger partial charge in [0.25, 0.3) is 0 Å². The van der Waals surface area contributed by atoms with E-state index in [4.69, 9.17) is 0 Å². The van der Waals surface area contributed by atoms with Gasteiger partial charge in [-0.15, -0.1) is 0 Å². The first kappa shape index (κ1) is 12.1. The Morgan fingerprint density at radius 2 is 2.05 bits per heavy atom. The van der Waals surface area contributed by atoms with Crippen molar-refractivity contribution in [2.45, 2.75) is 6.54 Å². The number of hydrogen-bond donors (Lipinski definition) is 0. The Kier molecular flexibility index (Phi) is 3.17. The second-order valence-electron chi connectivity index (χ2n) is 5.02. The Balaban J connectivity index is 1.84. The van der Waals surface area contributed by atoms with E-state index >= 15 is 0 Å². The molecule has 4 heteroatoms. The molecule has 19 heavy (non-hydrogen) atoms. The zero-order valence-corrected chi connectivity index (χ0v) is 11.0. The summed E-state index contributed by atoms with van der Waals surface area (Å²) in [4.78, 5) is 20.2. The molecular weight excluding hydrogens is 238 g/mol. The van der Waals surface area contributed by atoms with E-state index in [-0.39, 0.29) is 5.91 Å². The predicted octanol–water partition coefficient (Wildman–Crippen LogP) is 1.51. The number of aromatic nitrogens is 1. The summed E-state index contributed by atoms with van der Waals surface area (Å²) in [5, 5.41) is 1.15. The average Bonchev–Trinajstić information content (AvgIpc) is 2.43. The molecule has 0 unspecified atom stereocenters. The van der Waals surface area contributed by atoms with E-state index in [2.05, 4.69) is 34.1 Å². The molecule has 4 nitrogen and oxygen atoms in total. The largest absolute Gasteiger partial charge is 0.343 e. The van der Waals surface area contributed by atoms with Crippen molar-refractivity contribution in [2.75, 3.05) is 26.7 Å². The monoisotopic (exact) mass is 255 g/mol. The highest BCUT2D eigenvalue weighted by Gasteiger charge is 2.21. The summed E-state index contributed by atoms with van der Waals surface area (Å²) in [7, 11) is 1.86. The fourth-order valence-electron chi connectivity index (χ4n) is 2.48. The van der Waals surface area contributed by atoms with Crippen molar-refractivity contribution in [2.24, 2.45) is 0 Å². The molecule has 1 aromatic heterocycles. The molecule has 0 spiro atoms. The van der Waals surface area contributed by atoms with E-state index in [1.54, 1.807) is 4.90 Å². The molecular formula is C15H17N3O. The molecule has 98 valence electrons. The standard InChI is InChI=1S/C15H17N3O/c1-17-8-9-18(11-14(17)19)10-13-5-2-4-12-6-3-7-16-15(12)13/h2-7H,8-11H2,1H3. The van der Waals surface area contributed by atoms with Gasteiger partial charge < -0.3 is 4.90 Å². The Hall–Kier alpha value is -1.94. The van der Waals surface area contributed by atoms with E-state index < -0.39 is 0 Å². The van der Waals surface area contributed by atoms with Gasteiger partial charge in [-0.05, 0) is 11.6 Å². The number of rotatable bonds is 2. The highest BCUT2D eigenvalue weighted by atomic mass is 16.2. The van der Waals surface area contributed by atoms with Gasteiger partial charge in [-0.1, -0.05) is 24.3 Å². The molecule has 0 atom stereocenters. The Morgan fingerprint density at radius 3 is 2.89 bits per heavy atom. The molecule has 1 aliphatic heterocycles. The summed E-state index contributed by atoms with van der Waals surface area (Å²) in [6.07, 6.45) is 1.82. The number of hydrogen-bond acceptors (Lipinski definition) is 3. The van der Waals surface area contributed by atoms with Crippen molar-refractivity contribution in [3.8, 4) is 0 Å². The van der Waals surface area contributed by atoms with Gasteiger partial charge in [0.1, 0.15) is 0 Å². The fraction of sp³-hybridized carbons (Fsp3) is 0.333. The first-order valence-corrected chi connectivity index (χ1v) is 6.53. The Labute approximate surface area is 112 Å². The molecule has 2 aromatic rings. The summed E-state index contributed by atoms with van der Waals surface area (Å²) in [6.45, 7) is 3.01. The molecule has 1 saturated heterocycles. The molecule has 0 radical (unpaired) electrons. The third kappa shape index (κ3) is 2.44. The molecule has 0 bridgehead atoms. The molecule has 0 N–H and O–H groups in total. The maximum Gasteiger partial charge on any atom is 0.236 e. The van der Waals surface area contributed by atoms with Gasteiger partial charge in [0.15, 0.2) is 0 Å². The highest BCUT2D eigenvalue weighted by Crippen LogP contribution is 2.18. The van der Waals surface area contributed by atoms with Crippen LogP contribution >= 0.6 is 0 Å². The van der Waals surface area contributed by atoms with Crippen LogP contribution in [-0.4, -0.2) is 47.4 Å². The van der Waals surface area contributed by atoms with Crippen LogP contribution in [-0.2, 0) is 11.3 Å². The second kappa shape index (κ2) is 4.97. The zero-order valence-electron chi connectivity index (χ0n) is 11.0. The van der Waals surface area contributed by atoms with Crippen LogP contribution in [0.3, 0.4) is 0 Å². The van der Waals surface area contributed by atoms with Crippen molar-refractivity contribution in [1.82, 2.24) is 14.8 Å². The van der Waals surface area contributed by atoms with Gasteiger partial charge in [-0.25, -0.2) is 0 Å². The molecule has 1 aliphatic rings. The lowest BCUT2D eigenvalue weighted by Crippen LogP contribution is -2.47. The minimum absolute atomic E-state index is 0.194. The van der Waals surface area contributed by atoms with Crippen LogP contribution < -0.4 is 0 Å². The number of pyridine rings is 1. The zero-order chi connectivity index (χ0) is 13.2. The van der Waals surface area contributed by atoms with Crippen LogP contribution in [0.15, 0.2) is 36.5 Å². The van der Waals surface area contributed by atoms with Crippen molar-refractivity contribution in [1.29, 1.82) is 0 Å². The molecule has 1 aromatic carbocycles. The normalized spacial score (nSPS) is 17.1. The lowest BCUT2D eigenvalue weighted by molar-refractivity contribution is -0.134. The Morgan fingerprint density at radius 1 is 1.21 bits per heavy atom. The third-order valence-electron chi connectivity index (χ3n) is 3.65. The summed E-state index contributed by atoms with van der Waals surface area (Å²) in [6, 6.07) is 10.2. The third-order valence-corrected chi connectivity index (χ3v) is 3.65. The van der Waals surface area contributed by atoms with Gasteiger partial charge in [0, 0.05) is 38.3 Å². The lowest BCUT2D eigenvalue weighted by atomic mass is 10.1. The van der Waals surface area contributed by atoms with E-state index in [1.807, 2.05) is 19.3 Å². The molecule has 0 aliphatic carbocycles. The number of para-hydroxylation sites is 1. The van der Waals surface area contributed by atoms with E-state index in [0.29, 0.717) is 6.54 Å². The SMILES string of the molecule is CN1CCN(Cc2cccc3cccnc23)CC1=O. The van der Waals surface area contributed by atoms with Crippen LogP contribution in [0.1, 0.15) is 5.56 Å². The number of likely N-dealkylation sites (N-methyl/N-ethyl adjacent to an activating group) is 1. The van der Waals surface area contributed by atoms with Crippen molar-refractivity contribution in [3.05, 3.63) is 42.1 Å². The minimum Gasteiger partial charge on any atom is -0.343 e. The number of nitrogens with zero attached hydrogens (tertiary/aromatic N) is 3. The smallest absolute Gasteiger partial charge is 0.236 e. The van der Waals surface area contributed by atoms with Gasteiger partial charge >= 0.3 is 0 Å². The summed E-state index contributed by atoms with van der Waals surface area (Å²) in [5.74, 6) is 0.194. The number of amides is 1. The van der Waals surface area contributed by atoms with Gasteiger partial charge in [-0.2, -0.15) is 0 Å². The quantitative estimate of drug-likeness (QED) is 0.816. The van der Waals surface area contributed by atoms with Gasteiger partial charge in [-0.3, -0.25) is 14.7 Å². The summed E-state index contributed by atoms with van der Waals surface area (Å²) >= 11 is 0. The molecule has 0 saturated carbocycles. The topological polar surface area (TPSA) is 36.4 Å². The fourth-order valence-corrected chi connectivity index (χ4v) is 2.48. The van der Waals surface area contributed by atoms with Crippen LogP contribution in [0, 0.1) is 0 Å². The lowest BCUT2D eigenvalue weighted by Gasteiger charge is -2.32. The van der Waals surface area contributed by atoms with Crippen LogP contribution in [0.4, 0.5) is 0 Å². The maximum absolute atomic E-state index is 11.7.